The average Bonchev–Trinajstić information content (AvgIpc) is 3.00. The molecule has 2 rings (SSSR count). The first-order valence-electron chi connectivity index (χ1n) is 8.20. The molecule has 0 aromatic carbocycles. The molecule has 1 aliphatic carbocycles. The summed E-state index contributed by atoms with van der Waals surface area (Å²) in [6, 6.07) is 4.48. The van der Waals surface area contributed by atoms with E-state index in [-0.39, 0.29) is 11.9 Å². The zero-order valence-electron chi connectivity index (χ0n) is 13.2. The molecule has 0 spiro atoms. The molecule has 1 amide bonds. The fourth-order valence-electron chi connectivity index (χ4n) is 3.05. The van der Waals surface area contributed by atoms with Crippen LogP contribution in [0.15, 0.2) is 17.5 Å². The number of carbonyl (C=O) groups is 1. The normalized spacial score (nSPS) is 17.9. The predicted molar refractivity (Wildman–Crippen MR) is 89.5 cm³/mol. The molecule has 1 aromatic heterocycles. The Morgan fingerprint density at radius 2 is 2.10 bits per heavy atom. The summed E-state index contributed by atoms with van der Waals surface area (Å²) in [5.41, 5.74) is 0. The second kappa shape index (κ2) is 8.54. The fraction of sp³-hybridized carbons (Fsp3) is 0.706. The van der Waals surface area contributed by atoms with Gasteiger partial charge in [0.1, 0.15) is 0 Å². The minimum atomic E-state index is 0.128. The third-order valence-electron chi connectivity index (χ3n) is 4.31. The maximum Gasteiger partial charge on any atom is 0.233 e. The van der Waals surface area contributed by atoms with Gasteiger partial charge in [-0.05, 0) is 36.1 Å². The Kier molecular flexibility index (Phi) is 6.71. The molecule has 1 unspecified atom stereocenters. The Bertz CT molecular complexity index is 410. The lowest BCUT2D eigenvalue weighted by molar-refractivity contribution is -0.120. The molecular formula is C17H28N2OS. The maximum absolute atomic E-state index is 12.0. The van der Waals surface area contributed by atoms with Crippen molar-refractivity contribution < 1.29 is 4.79 Å². The van der Waals surface area contributed by atoms with Gasteiger partial charge in [0, 0.05) is 17.5 Å². The Balaban J connectivity index is 1.71. The van der Waals surface area contributed by atoms with E-state index in [9.17, 15) is 4.79 Å². The molecule has 1 aliphatic rings. The quantitative estimate of drug-likeness (QED) is 0.806. The molecule has 0 radical (unpaired) electrons. The summed E-state index contributed by atoms with van der Waals surface area (Å²) in [6.45, 7) is 5.65. The first-order valence-corrected chi connectivity index (χ1v) is 9.08. The van der Waals surface area contributed by atoms with Gasteiger partial charge in [0.05, 0.1) is 6.54 Å². The summed E-state index contributed by atoms with van der Waals surface area (Å²) in [7, 11) is 0. The molecule has 1 atom stereocenters. The van der Waals surface area contributed by atoms with Crippen LogP contribution in [0.1, 0.15) is 56.9 Å². The van der Waals surface area contributed by atoms with Crippen molar-refractivity contribution in [3.63, 3.8) is 0 Å². The van der Waals surface area contributed by atoms with Gasteiger partial charge in [-0.1, -0.05) is 39.2 Å². The standard InChI is InChI=1S/C17H28N2OS/c1-13(2)17(15-9-6-10-21-15)19-12-16(20)18-11-14-7-4-3-5-8-14/h6,9-10,13-14,17,19H,3-5,7-8,11-12H2,1-2H3,(H,18,20). The van der Waals surface area contributed by atoms with Gasteiger partial charge in [0.15, 0.2) is 0 Å². The fourth-order valence-corrected chi connectivity index (χ4v) is 4.02. The zero-order valence-corrected chi connectivity index (χ0v) is 14.0. The maximum atomic E-state index is 12.0. The number of hydrogen-bond donors (Lipinski definition) is 2. The lowest BCUT2D eigenvalue weighted by atomic mass is 9.89. The Morgan fingerprint density at radius 3 is 2.71 bits per heavy atom. The zero-order chi connectivity index (χ0) is 15.1. The van der Waals surface area contributed by atoms with Gasteiger partial charge in [-0.15, -0.1) is 11.3 Å². The second-order valence-electron chi connectivity index (χ2n) is 6.43. The average molecular weight is 308 g/mol. The summed E-state index contributed by atoms with van der Waals surface area (Å²) < 4.78 is 0. The van der Waals surface area contributed by atoms with Gasteiger partial charge >= 0.3 is 0 Å². The minimum absolute atomic E-state index is 0.128. The van der Waals surface area contributed by atoms with Crippen molar-refractivity contribution in [3.8, 4) is 0 Å². The van der Waals surface area contributed by atoms with E-state index in [1.807, 2.05) is 0 Å². The van der Waals surface area contributed by atoms with Crippen molar-refractivity contribution in [1.82, 2.24) is 10.6 Å². The summed E-state index contributed by atoms with van der Waals surface area (Å²) in [5.74, 6) is 1.30. The van der Waals surface area contributed by atoms with E-state index in [0.29, 0.717) is 18.4 Å². The van der Waals surface area contributed by atoms with E-state index in [1.54, 1.807) is 11.3 Å². The van der Waals surface area contributed by atoms with Crippen LogP contribution >= 0.6 is 11.3 Å². The summed E-state index contributed by atoms with van der Waals surface area (Å²) in [6.07, 6.45) is 6.57. The molecule has 0 saturated heterocycles. The van der Waals surface area contributed by atoms with E-state index in [2.05, 4.69) is 42.0 Å². The number of rotatable bonds is 7. The Hall–Kier alpha value is -0.870. The lowest BCUT2D eigenvalue weighted by Crippen LogP contribution is -2.39. The highest BCUT2D eigenvalue weighted by Crippen LogP contribution is 2.25. The molecule has 1 fully saturated rings. The van der Waals surface area contributed by atoms with Crippen LogP contribution in [0, 0.1) is 11.8 Å². The molecule has 118 valence electrons. The monoisotopic (exact) mass is 308 g/mol. The van der Waals surface area contributed by atoms with Crippen LogP contribution in [-0.2, 0) is 4.79 Å². The van der Waals surface area contributed by atoms with Crippen molar-refractivity contribution in [2.75, 3.05) is 13.1 Å². The molecule has 1 aromatic rings. The van der Waals surface area contributed by atoms with Crippen LogP contribution < -0.4 is 10.6 Å². The van der Waals surface area contributed by atoms with Crippen LogP contribution in [0.5, 0.6) is 0 Å². The molecule has 2 N–H and O–H groups in total. The third kappa shape index (κ3) is 5.44. The molecule has 0 aliphatic heterocycles. The molecular weight excluding hydrogens is 280 g/mol. The van der Waals surface area contributed by atoms with Crippen molar-refractivity contribution in [2.24, 2.45) is 11.8 Å². The molecule has 4 heteroatoms. The SMILES string of the molecule is CC(C)C(NCC(=O)NCC1CCCCC1)c1cccs1. The van der Waals surface area contributed by atoms with Crippen LogP contribution in [0.3, 0.4) is 0 Å². The summed E-state index contributed by atoms with van der Waals surface area (Å²) in [5, 5.41) is 8.59. The van der Waals surface area contributed by atoms with E-state index in [1.165, 1.54) is 37.0 Å². The van der Waals surface area contributed by atoms with Crippen molar-refractivity contribution in [2.45, 2.75) is 52.0 Å². The Labute approximate surface area is 132 Å². The number of nitrogens with one attached hydrogen (secondary N) is 2. The highest BCUT2D eigenvalue weighted by molar-refractivity contribution is 7.10. The van der Waals surface area contributed by atoms with Gasteiger partial charge in [-0.3, -0.25) is 4.79 Å². The highest BCUT2D eigenvalue weighted by atomic mass is 32.1. The first kappa shape index (κ1) is 16.5. The van der Waals surface area contributed by atoms with Crippen LogP contribution in [0.25, 0.3) is 0 Å². The largest absolute Gasteiger partial charge is 0.355 e. The number of thiophene rings is 1. The topological polar surface area (TPSA) is 41.1 Å². The molecule has 1 saturated carbocycles. The second-order valence-corrected chi connectivity index (χ2v) is 7.41. The van der Waals surface area contributed by atoms with Gasteiger partial charge in [0.2, 0.25) is 5.91 Å². The minimum Gasteiger partial charge on any atom is -0.355 e. The molecule has 0 bridgehead atoms. The van der Waals surface area contributed by atoms with Gasteiger partial charge in [0.25, 0.3) is 0 Å². The summed E-state index contributed by atoms with van der Waals surface area (Å²) in [4.78, 5) is 13.3. The molecule has 3 nitrogen and oxygen atoms in total. The van der Waals surface area contributed by atoms with Crippen LogP contribution in [-0.4, -0.2) is 19.0 Å². The Morgan fingerprint density at radius 1 is 1.33 bits per heavy atom. The van der Waals surface area contributed by atoms with Crippen molar-refractivity contribution >= 4 is 17.2 Å². The van der Waals surface area contributed by atoms with Crippen molar-refractivity contribution in [3.05, 3.63) is 22.4 Å². The number of hydrogen-bond acceptors (Lipinski definition) is 3. The number of amides is 1. The lowest BCUT2D eigenvalue weighted by Gasteiger charge is -2.23. The van der Waals surface area contributed by atoms with Gasteiger partial charge in [-0.2, -0.15) is 0 Å². The van der Waals surface area contributed by atoms with Gasteiger partial charge in [-0.25, -0.2) is 0 Å². The first-order chi connectivity index (χ1) is 10.2. The smallest absolute Gasteiger partial charge is 0.233 e. The van der Waals surface area contributed by atoms with Crippen LogP contribution in [0.4, 0.5) is 0 Å². The number of carbonyl (C=O) groups excluding carboxylic acids is 1. The van der Waals surface area contributed by atoms with E-state index in [4.69, 9.17) is 0 Å². The van der Waals surface area contributed by atoms with E-state index >= 15 is 0 Å². The van der Waals surface area contributed by atoms with Crippen molar-refractivity contribution in [1.29, 1.82) is 0 Å². The summed E-state index contributed by atoms with van der Waals surface area (Å²) >= 11 is 1.75. The van der Waals surface area contributed by atoms with Gasteiger partial charge < -0.3 is 10.6 Å². The van der Waals surface area contributed by atoms with Crippen LogP contribution in [0.2, 0.25) is 0 Å². The third-order valence-corrected chi connectivity index (χ3v) is 5.27. The molecule has 1 heterocycles. The van der Waals surface area contributed by atoms with E-state index in [0.717, 1.165) is 6.54 Å². The highest BCUT2D eigenvalue weighted by Gasteiger charge is 2.18. The molecule has 21 heavy (non-hydrogen) atoms. The predicted octanol–water partition coefficient (Wildman–Crippen LogP) is 3.73. The van der Waals surface area contributed by atoms with E-state index < -0.39 is 0 Å².